The van der Waals surface area contributed by atoms with Gasteiger partial charge in [-0.3, -0.25) is 14.5 Å². The molecule has 230 valence electrons. The summed E-state index contributed by atoms with van der Waals surface area (Å²) in [7, 11) is 3.27. The molecule has 8 nitrogen and oxygen atoms in total. The molecule has 2 amide bonds. The van der Waals surface area contributed by atoms with Gasteiger partial charge >= 0.3 is 0 Å². The van der Waals surface area contributed by atoms with Crippen molar-refractivity contribution >= 4 is 11.8 Å². The summed E-state index contributed by atoms with van der Waals surface area (Å²) in [6.07, 6.45) is 2.80. The standard InChI is InChI=1S/C35H45N3O5/c1-5-17-37(18-6-2)35(41)26-13-11-25(12-14-26)34(40)36-22-31(39)24-38(30-19-27-9-7-8-10-28(27)20-30)23-29-15-16-32(42-3)21-33(29)43-4/h7-16,21,30-31,39H,5-6,17-20,22-24H2,1-4H3,(H,36,40). The van der Waals surface area contributed by atoms with E-state index in [4.69, 9.17) is 9.47 Å². The van der Waals surface area contributed by atoms with Crippen LogP contribution in [0.15, 0.2) is 66.7 Å². The number of fused-ring (bicyclic) bond motifs is 1. The number of aliphatic hydroxyl groups excluding tert-OH is 1. The molecular formula is C35H45N3O5. The van der Waals surface area contributed by atoms with Crippen molar-refractivity contribution in [3.05, 3.63) is 94.5 Å². The van der Waals surface area contributed by atoms with Crippen molar-refractivity contribution in [1.29, 1.82) is 0 Å². The quantitative estimate of drug-likeness (QED) is 0.267. The van der Waals surface area contributed by atoms with E-state index in [0.717, 1.165) is 42.7 Å². The molecule has 1 aliphatic carbocycles. The highest BCUT2D eigenvalue weighted by Gasteiger charge is 2.29. The number of hydrogen-bond donors (Lipinski definition) is 2. The Kier molecular flexibility index (Phi) is 11.6. The van der Waals surface area contributed by atoms with Crippen LogP contribution in [0.5, 0.6) is 11.5 Å². The third-order valence-corrected chi connectivity index (χ3v) is 8.03. The summed E-state index contributed by atoms with van der Waals surface area (Å²) in [5.41, 5.74) is 4.68. The SMILES string of the molecule is CCCN(CCC)C(=O)c1ccc(C(=O)NCC(O)CN(Cc2ccc(OC)cc2OC)C2Cc3ccccc3C2)cc1. The first-order chi connectivity index (χ1) is 20.9. The fourth-order valence-electron chi connectivity index (χ4n) is 5.79. The van der Waals surface area contributed by atoms with Crippen molar-refractivity contribution in [1.82, 2.24) is 15.1 Å². The van der Waals surface area contributed by atoms with E-state index in [9.17, 15) is 14.7 Å². The highest BCUT2D eigenvalue weighted by atomic mass is 16.5. The molecule has 0 radical (unpaired) electrons. The number of methoxy groups -OCH3 is 2. The summed E-state index contributed by atoms with van der Waals surface area (Å²) in [4.78, 5) is 29.9. The van der Waals surface area contributed by atoms with Gasteiger partial charge in [-0.25, -0.2) is 0 Å². The summed E-state index contributed by atoms with van der Waals surface area (Å²) in [5.74, 6) is 1.15. The molecule has 0 fully saturated rings. The average Bonchev–Trinajstić information content (AvgIpc) is 3.47. The second-order valence-electron chi connectivity index (χ2n) is 11.2. The average molecular weight is 588 g/mol. The van der Waals surface area contributed by atoms with Crippen molar-refractivity contribution in [3.8, 4) is 11.5 Å². The highest BCUT2D eigenvalue weighted by Crippen LogP contribution is 2.30. The Hall–Kier alpha value is -3.88. The van der Waals surface area contributed by atoms with Crippen LogP contribution in [0.2, 0.25) is 0 Å². The van der Waals surface area contributed by atoms with E-state index < -0.39 is 6.10 Å². The van der Waals surface area contributed by atoms with E-state index in [2.05, 4.69) is 48.3 Å². The first-order valence-electron chi connectivity index (χ1n) is 15.2. The van der Waals surface area contributed by atoms with Gasteiger partial charge in [-0.1, -0.05) is 44.2 Å². The van der Waals surface area contributed by atoms with Crippen molar-refractivity contribution in [3.63, 3.8) is 0 Å². The lowest BCUT2D eigenvalue weighted by Crippen LogP contribution is -2.44. The molecular weight excluding hydrogens is 542 g/mol. The van der Waals surface area contributed by atoms with E-state index in [0.29, 0.717) is 37.3 Å². The normalized spacial score (nSPS) is 13.4. The molecule has 0 aromatic heterocycles. The minimum absolute atomic E-state index is 0.0197. The summed E-state index contributed by atoms with van der Waals surface area (Å²) in [6, 6.07) is 21.2. The topological polar surface area (TPSA) is 91.3 Å². The van der Waals surface area contributed by atoms with Gasteiger partial charge < -0.3 is 24.8 Å². The number of benzene rings is 3. The lowest BCUT2D eigenvalue weighted by molar-refractivity contribution is 0.0745. The largest absolute Gasteiger partial charge is 0.497 e. The Balaban J connectivity index is 1.40. The molecule has 3 aromatic rings. The molecule has 2 N–H and O–H groups in total. The van der Waals surface area contributed by atoms with E-state index in [1.807, 2.05) is 23.1 Å². The van der Waals surface area contributed by atoms with Gasteiger partial charge in [0.25, 0.3) is 11.8 Å². The molecule has 4 rings (SSSR count). The predicted octanol–water partition coefficient (Wildman–Crippen LogP) is 4.73. The Bertz CT molecular complexity index is 1330. The zero-order chi connectivity index (χ0) is 30.8. The molecule has 3 aromatic carbocycles. The van der Waals surface area contributed by atoms with Crippen LogP contribution in [-0.4, -0.2) is 79.3 Å². The number of ether oxygens (including phenoxy) is 2. The second kappa shape index (κ2) is 15.5. The molecule has 1 unspecified atom stereocenters. The Morgan fingerprint density at radius 1 is 0.907 bits per heavy atom. The van der Waals surface area contributed by atoms with Gasteiger partial charge in [0.2, 0.25) is 0 Å². The van der Waals surface area contributed by atoms with Crippen molar-refractivity contribution in [2.75, 3.05) is 40.4 Å². The van der Waals surface area contributed by atoms with Gasteiger partial charge in [-0.2, -0.15) is 0 Å². The molecule has 0 saturated heterocycles. The van der Waals surface area contributed by atoms with Crippen molar-refractivity contribution in [2.45, 2.75) is 58.2 Å². The minimum atomic E-state index is -0.783. The molecule has 0 saturated carbocycles. The number of nitrogens with zero attached hydrogens (tertiary/aromatic N) is 2. The van der Waals surface area contributed by atoms with Gasteiger partial charge in [0, 0.05) is 61.5 Å². The van der Waals surface area contributed by atoms with Crippen LogP contribution in [0.25, 0.3) is 0 Å². The smallest absolute Gasteiger partial charge is 0.253 e. The lowest BCUT2D eigenvalue weighted by Gasteiger charge is -2.31. The Labute approximate surface area is 255 Å². The van der Waals surface area contributed by atoms with Crippen molar-refractivity contribution in [2.24, 2.45) is 0 Å². The summed E-state index contributed by atoms with van der Waals surface area (Å²) in [6.45, 7) is 6.60. The maximum absolute atomic E-state index is 12.9. The molecule has 8 heteroatoms. The molecule has 43 heavy (non-hydrogen) atoms. The number of rotatable bonds is 15. The number of carbonyl (C=O) groups excluding carboxylic acids is 2. The van der Waals surface area contributed by atoms with Crippen LogP contribution < -0.4 is 14.8 Å². The minimum Gasteiger partial charge on any atom is -0.497 e. The van der Waals surface area contributed by atoms with Crippen LogP contribution in [0.4, 0.5) is 0 Å². The number of nitrogens with one attached hydrogen (secondary N) is 1. The van der Waals surface area contributed by atoms with E-state index >= 15 is 0 Å². The van der Waals surface area contributed by atoms with Crippen molar-refractivity contribution < 1.29 is 24.2 Å². The Morgan fingerprint density at radius 2 is 1.53 bits per heavy atom. The molecule has 0 bridgehead atoms. The first-order valence-corrected chi connectivity index (χ1v) is 15.2. The summed E-state index contributed by atoms with van der Waals surface area (Å²) < 4.78 is 11.0. The predicted molar refractivity (Wildman–Crippen MR) is 169 cm³/mol. The van der Waals surface area contributed by atoms with Gasteiger partial charge in [0.05, 0.1) is 20.3 Å². The number of amides is 2. The van der Waals surface area contributed by atoms with Crippen LogP contribution in [0, 0.1) is 0 Å². The molecule has 1 atom stereocenters. The lowest BCUT2D eigenvalue weighted by atomic mass is 10.1. The van der Waals surface area contributed by atoms with E-state index in [-0.39, 0.29) is 24.4 Å². The van der Waals surface area contributed by atoms with Gasteiger partial charge in [0.1, 0.15) is 11.5 Å². The first kappa shape index (κ1) is 32.0. The highest BCUT2D eigenvalue weighted by molar-refractivity contribution is 5.97. The van der Waals surface area contributed by atoms with Gasteiger partial charge in [-0.15, -0.1) is 0 Å². The third kappa shape index (κ3) is 8.36. The number of aliphatic hydroxyl groups is 1. The molecule has 0 spiro atoms. The monoisotopic (exact) mass is 587 g/mol. The van der Waals surface area contributed by atoms with Crippen LogP contribution in [-0.2, 0) is 19.4 Å². The van der Waals surface area contributed by atoms with Crippen LogP contribution in [0.3, 0.4) is 0 Å². The maximum Gasteiger partial charge on any atom is 0.253 e. The van der Waals surface area contributed by atoms with E-state index in [1.165, 1.54) is 11.1 Å². The fraction of sp³-hybridized carbons (Fsp3) is 0.429. The number of carbonyl (C=O) groups is 2. The van der Waals surface area contributed by atoms with Gasteiger partial charge in [0.15, 0.2) is 0 Å². The molecule has 1 aliphatic rings. The summed E-state index contributed by atoms with van der Waals surface area (Å²) >= 11 is 0. The van der Waals surface area contributed by atoms with Gasteiger partial charge in [-0.05, 0) is 67.1 Å². The van der Waals surface area contributed by atoms with Crippen LogP contribution in [0.1, 0.15) is 64.1 Å². The molecule has 0 aliphatic heterocycles. The summed E-state index contributed by atoms with van der Waals surface area (Å²) in [5, 5.41) is 14.0. The zero-order valence-corrected chi connectivity index (χ0v) is 25.8. The zero-order valence-electron chi connectivity index (χ0n) is 25.8. The maximum atomic E-state index is 12.9. The van der Waals surface area contributed by atoms with E-state index in [1.54, 1.807) is 38.5 Å². The number of hydrogen-bond acceptors (Lipinski definition) is 6. The fourth-order valence-corrected chi connectivity index (χ4v) is 5.79. The van der Waals surface area contributed by atoms with Crippen LogP contribution >= 0.6 is 0 Å². The molecule has 0 heterocycles. The second-order valence-corrected chi connectivity index (χ2v) is 11.2. The third-order valence-electron chi connectivity index (χ3n) is 8.03. The Morgan fingerprint density at radius 3 is 2.12 bits per heavy atom.